The Balaban J connectivity index is 1.57. The van der Waals surface area contributed by atoms with E-state index in [1.807, 2.05) is 78.9 Å². The minimum atomic E-state index is -0.491. The summed E-state index contributed by atoms with van der Waals surface area (Å²) in [5.74, 6) is -0.941. The first-order valence-corrected chi connectivity index (χ1v) is 9.49. The zero-order chi connectivity index (χ0) is 19.3. The van der Waals surface area contributed by atoms with Gasteiger partial charge in [-0.1, -0.05) is 72.8 Å². The van der Waals surface area contributed by atoms with E-state index in [0.29, 0.717) is 19.6 Å². The van der Waals surface area contributed by atoms with E-state index in [4.69, 9.17) is 0 Å². The fourth-order valence-electron chi connectivity index (χ4n) is 3.57. The molecule has 2 amide bonds. The minimum absolute atomic E-state index is 0.361. The Hall–Kier alpha value is -3.40. The van der Waals surface area contributed by atoms with Crippen molar-refractivity contribution in [1.29, 1.82) is 0 Å². The molecule has 0 saturated heterocycles. The summed E-state index contributed by atoms with van der Waals surface area (Å²) in [6.07, 6.45) is 0.777. The maximum atomic E-state index is 13.2. The lowest BCUT2D eigenvalue weighted by Crippen LogP contribution is -2.46. The Morgan fingerprint density at radius 3 is 2.11 bits per heavy atom. The van der Waals surface area contributed by atoms with Gasteiger partial charge in [0.25, 0.3) is 0 Å². The summed E-state index contributed by atoms with van der Waals surface area (Å²) < 4.78 is 0. The van der Waals surface area contributed by atoms with Crippen molar-refractivity contribution in [2.24, 2.45) is 0 Å². The van der Waals surface area contributed by atoms with E-state index in [0.717, 1.165) is 23.2 Å². The molecule has 0 fully saturated rings. The number of nitrogens with zero attached hydrogens (tertiary/aromatic N) is 2. The second-order valence-electron chi connectivity index (χ2n) is 6.96. The third kappa shape index (κ3) is 3.81. The van der Waals surface area contributed by atoms with Crippen molar-refractivity contribution < 1.29 is 9.59 Å². The van der Waals surface area contributed by atoms with Crippen molar-refractivity contribution in [2.75, 3.05) is 11.4 Å². The molecule has 0 radical (unpaired) electrons. The maximum Gasteiger partial charge on any atom is 0.316 e. The third-order valence-corrected chi connectivity index (χ3v) is 5.10. The molecule has 140 valence electrons. The monoisotopic (exact) mass is 370 g/mol. The fourth-order valence-corrected chi connectivity index (χ4v) is 3.57. The van der Waals surface area contributed by atoms with Crippen molar-refractivity contribution in [3.05, 3.63) is 102 Å². The molecule has 1 heterocycles. The Kier molecular flexibility index (Phi) is 5.20. The van der Waals surface area contributed by atoms with E-state index in [-0.39, 0.29) is 0 Å². The number of hydrogen-bond donors (Lipinski definition) is 0. The van der Waals surface area contributed by atoms with Crippen LogP contribution in [0.5, 0.6) is 0 Å². The van der Waals surface area contributed by atoms with Crippen LogP contribution >= 0.6 is 0 Å². The van der Waals surface area contributed by atoms with Gasteiger partial charge in [-0.15, -0.1) is 0 Å². The van der Waals surface area contributed by atoms with Crippen LogP contribution in [0.15, 0.2) is 84.9 Å². The van der Waals surface area contributed by atoms with Gasteiger partial charge in [0.2, 0.25) is 0 Å². The average molecular weight is 370 g/mol. The van der Waals surface area contributed by atoms with Crippen LogP contribution in [-0.4, -0.2) is 23.3 Å². The summed E-state index contributed by atoms with van der Waals surface area (Å²) >= 11 is 0. The van der Waals surface area contributed by atoms with Crippen LogP contribution in [0.2, 0.25) is 0 Å². The van der Waals surface area contributed by atoms with Gasteiger partial charge in [0.15, 0.2) is 0 Å². The quantitative estimate of drug-likeness (QED) is 0.658. The van der Waals surface area contributed by atoms with Gasteiger partial charge in [-0.25, -0.2) is 0 Å². The highest BCUT2D eigenvalue weighted by atomic mass is 16.2. The molecule has 4 rings (SSSR count). The standard InChI is InChI=1S/C24H22N2O2/c27-23(25-16-15-20-11-7-8-12-21(20)18-25)24(28)26(22-13-5-2-6-14-22)17-19-9-3-1-4-10-19/h1-14H,15-18H2. The number of para-hydroxylation sites is 1. The topological polar surface area (TPSA) is 40.6 Å². The van der Waals surface area contributed by atoms with Crippen LogP contribution in [-0.2, 0) is 29.1 Å². The highest BCUT2D eigenvalue weighted by Gasteiger charge is 2.30. The van der Waals surface area contributed by atoms with Gasteiger partial charge in [-0.05, 0) is 35.2 Å². The number of anilines is 1. The fraction of sp³-hybridized carbons (Fsp3) is 0.167. The van der Waals surface area contributed by atoms with Crippen LogP contribution in [0.4, 0.5) is 5.69 Å². The molecule has 1 aliphatic heterocycles. The lowest BCUT2D eigenvalue weighted by atomic mass is 10.00. The maximum absolute atomic E-state index is 13.2. The molecule has 0 aliphatic carbocycles. The highest BCUT2D eigenvalue weighted by Crippen LogP contribution is 2.21. The number of fused-ring (bicyclic) bond motifs is 1. The second kappa shape index (κ2) is 8.09. The van der Waals surface area contributed by atoms with E-state index in [2.05, 4.69) is 6.07 Å². The Morgan fingerprint density at radius 1 is 0.786 bits per heavy atom. The minimum Gasteiger partial charge on any atom is -0.330 e. The van der Waals surface area contributed by atoms with Gasteiger partial charge in [0.1, 0.15) is 0 Å². The van der Waals surface area contributed by atoms with Gasteiger partial charge in [-0.3, -0.25) is 14.5 Å². The number of carbonyl (C=O) groups is 2. The van der Waals surface area contributed by atoms with Gasteiger partial charge < -0.3 is 4.90 Å². The first-order chi connectivity index (χ1) is 13.7. The normalized spacial score (nSPS) is 12.9. The first kappa shape index (κ1) is 18.0. The average Bonchev–Trinajstić information content (AvgIpc) is 2.77. The predicted octanol–water partition coefficient (Wildman–Crippen LogP) is 3.80. The number of carbonyl (C=O) groups excluding carboxylic acids is 2. The van der Waals surface area contributed by atoms with E-state index in [1.54, 1.807) is 9.80 Å². The van der Waals surface area contributed by atoms with Crippen molar-refractivity contribution in [2.45, 2.75) is 19.5 Å². The summed E-state index contributed by atoms with van der Waals surface area (Å²) in [5.41, 5.74) is 4.08. The smallest absolute Gasteiger partial charge is 0.316 e. The van der Waals surface area contributed by atoms with E-state index >= 15 is 0 Å². The van der Waals surface area contributed by atoms with Gasteiger partial charge in [-0.2, -0.15) is 0 Å². The van der Waals surface area contributed by atoms with Crippen LogP contribution in [0, 0.1) is 0 Å². The second-order valence-corrected chi connectivity index (χ2v) is 6.96. The Labute approximate surface area is 165 Å². The molecule has 4 heteroatoms. The van der Waals surface area contributed by atoms with Gasteiger partial charge in [0, 0.05) is 18.8 Å². The molecule has 3 aromatic rings. The SMILES string of the molecule is O=C(C(=O)N(Cc1ccccc1)c1ccccc1)N1CCc2ccccc2C1. The lowest BCUT2D eigenvalue weighted by molar-refractivity contribution is -0.145. The predicted molar refractivity (Wildman–Crippen MR) is 110 cm³/mol. The summed E-state index contributed by atoms with van der Waals surface area (Å²) in [7, 11) is 0. The van der Waals surface area contributed by atoms with Crippen LogP contribution in [0.1, 0.15) is 16.7 Å². The molecule has 0 N–H and O–H groups in total. The summed E-state index contributed by atoms with van der Waals surface area (Å²) in [5, 5.41) is 0. The number of rotatable bonds is 3. The zero-order valence-corrected chi connectivity index (χ0v) is 15.6. The van der Waals surface area contributed by atoms with Crippen LogP contribution in [0.3, 0.4) is 0 Å². The van der Waals surface area contributed by atoms with Crippen molar-refractivity contribution in [3.8, 4) is 0 Å². The highest BCUT2D eigenvalue weighted by molar-refractivity contribution is 6.40. The summed E-state index contributed by atoms with van der Waals surface area (Å²) in [4.78, 5) is 29.5. The molecule has 0 bridgehead atoms. The molecule has 28 heavy (non-hydrogen) atoms. The van der Waals surface area contributed by atoms with Crippen LogP contribution < -0.4 is 4.90 Å². The molecule has 4 nitrogen and oxygen atoms in total. The largest absolute Gasteiger partial charge is 0.330 e. The molecule has 0 aromatic heterocycles. The molecule has 0 unspecified atom stereocenters. The molecule has 0 atom stereocenters. The van der Waals surface area contributed by atoms with Crippen molar-refractivity contribution in [1.82, 2.24) is 4.90 Å². The lowest BCUT2D eigenvalue weighted by Gasteiger charge is -2.31. The van der Waals surface area contributed by atoms with E-state index in [9.17, 15) is 9.59 Å². The van der Waals surface area contributed by atoms with Crippen molar-refractivity contribution in [3.63, 3.8) is 0 Å². The first-order valence-electron chi connectivity index (χ1n) is 9.49. The number of benzene rings is 3. The molecule has 1 aliphatic rings. The number of hydrogen-bond acceptors (Lipinski definition) is 2. The molecule has 0 spiro atoms. The molecular weight excluding hydrogens is 348 g/mol. The molecule has 3 aromatic carbocycles. The van der Waals surface area contributed by atoms with Gasteiger partial charge in [0.05, 0.1) is 6.54 Å². The molecular formula is C24H22N2O2. The summed E-state index contributed by atoms with van der Waals surface area (Å²) in [6, 6.07) is 27.2. The molecule has 0 saturated carbocycles. The third-order valence-electron chi connectivity index (χ3n) is 5.10. The van der Waals surface area contributed by atoms with E-state index < -0.39 is 11.8 Å². The van der Waals surface area contributed by atoms with Crippen molar-refractivity contribution >= 4 is 17.5 Å². The van der Waals surface area contributed by atoms with Gasteiger partial charge >= 0.3 is 11.8 Å². The number of amides is 2. The summed E-state index contributed by atoms with van der Waals surface area (Å²) in [6.45, 7) is 1.41. The Bertz CT molecular complexity index is 970. The van der Waals surface area contributed by atoms with Crippen LogP contribution in [0.25, 0.3) is 0 Å². The van der Waals surface area contributed by atoms with E-state index in [1.165, 1.54) is 5.56 Å². The zero-order valence-electron chi connectivity index (χ0n) is 15.6. The Morgan fingerprint density at radius 2 is 1.39 bits per heavy atom.